The standard InChI is InChI=1S/C60H40N2O/c1-3-17-41(18-4-1)43-31-33-45(34-32-43)48-21-7-12-26-55(48)61(46-37-35-44(36-38-46)42-19-5-2-6-20-42)47-39-53(60-54(40-47)52-25-11-16-30-59(52)63-60)51-24-10-15-29-58(51)62-56-27-13-8-22-49(56)50-23-9-14-28-57(50)62/h1-40H. The molecule has 3 heteroatoms. The van der Waals surface area contributed by atoms with Crippen molar-refractivity contribution < 1.29 is 4.42 Å². The molecular weight excluding hydrogens is 765 g/mol. The molecule has 296 valence electrons. The normalized spacial score (nSPS) is 11.5. The number of hydrogen-bond acceptors (Lipinski definition) is 2. The second-order valence-corrected chi connectivity index (χ2v) is 16.1. The Balaban J connectivity index is 1.11. The van der Waals surface area contributed by atoms with Crippen LogP contribution >= 0.6 is 0 Å². The van der Waals surface area contributed by atoms with Crippen LogP contribution in [-0.4, -0.2) is 4.57 Å². The lowest BCUT2D eigenvalue weighted by Gasteiger charge is -2.29. The molecule has 10 aromatic carbocycles. The van der Waals surface area contributed by atoms with E-state index in [9.17, 15) is 0 Å². The summed E-state index contributed by atoms with van der Waals surface area (Å²) >= 11 is 0. The fourth-order valence-electron chi connectivity index (χ4n) is 9.47. The van der Waals surface area contributed by atoms with E-state index >= 15 is 0 Å². The van der Waals surface area contributed by atoms with Crippen molar-refractivity contribution in [3.8, 4) is 50.2 Å². The quantitative estimate of drug-likeness (QED) is 0.153. The molecule has 63 heavy (non-hydrogen) atoms. The van der Waals surface area contributed by atoms with Crippen molar-refractivity contribution in [2.24, 2.45) is 0 Å². The van der Waals surface area contributed by atoms with E-state index in [1.165, 1.54) is 33.0 Å². The van der Waals surface area contributed by atoms with Gasteiger partial charge in [0.2, 0.25) is 0 Å². The maximum atomic E-state index is 6.91. The first-order valence-electron chi connectivity index (χ1n) is 21.5. The van der Waals surface area contributed by atoms with Gasteiger partial charge in [-0.05, 0) is 82.4 Å². The third kappa shape index (κ3) is 6.29. The number of aromatic nitrogens is 1. The molecule has 0 atom stereocenters. The molecule has 0 saturated heterocycles. The van der Waals surface area contributed by atoms with Gasteiger partial charge in [-0.2, -0.15) is 0 Å². The number of rotatable bonds is 8. The van der Waals surface area contributed by atoms with E-state index in [4.69, 9.17) is 4.42 Å². The van der Waals surface area contributed by atoms with Gasteiger partial charge in [0.1, 0.15) is 11.2 Å². The molecule has 0 spiro atoms. The number of furan rings is 1. The molecular formula is C60H40N2O. The zero-order valence-electron chi connectivity index (χ0n) is 34.4. The Morgan fingerprint density at radius 2 is 0.810 bits per heavy atom. The number of hydrogen-bond donors (Lipinski definition) is 0. The average Bonchev–Trinajstić information content (AvgIpc) is 3.91. The van der Waals surface area contributed by atoms with Gasteiger partial charge < -0.3 is 13.9 Å². The summed E-state index contributed by atoms with van der Waals surface area (Å²) in [5.74, 6) is 0. The van der Waals surface area contributed by atoms with Gasteiger partial charge in [0.25, 0.3) is 0 Å². The van der Waals surface area contributed by atoms with Crippen molar-refractivity contribution >= 4 is 60.8 Å². The number of nitrogens with zero attached hydrogens (tertiary/aromatic N) is 2. The molecule has 12 aromatic rings. The summed E-state index contributed by atoms with van der Waals surface area (Å²) in [5, 5.41) is 4.59. The van der Waals surface area contributed by atoms with Gasteiger partial charge in [-0.3, -0.25) is 0 Å². The SMILES string of the molecule is c1ccc(-c2ccc(-c3ccccc3N(c3ccc(-c4ccccc4)cc3)c3cc(-c4ccccc4-n4c5ccccc5c5ccccc54)c4oc5ccccc5c4c3)cc2)cc1. The molecule has 2 aromatic heterocycles. The first kappa shape index (κ1) is 36.5. The highest BCUT2D eigenvalue weighted by molar-refractivity contribution is 6.14. The Morgan fingerprint density at radius 3 is 1.48 bits per heavy atom. The first-order chi connectivity index (χ1) is 31.3. The summed E-state index contributed by atoms with van der Waals surface area (Å²) in [4.78, 5) is 2.42. The predicted octanol–water partition coefficient (Wildman–Crippen LogP) is 16.8. The zero-order chi connectivity index (χ0) is 41.7. The van der Waals surface area contributed by atoms with Crippen molar-refractivity contribution in [1.29, 1.82) is 0 Å². The monoisotopic (exact) mass is 804 g/mol. The lowest BCUT2D eigenvalue weighted by Crippen LogP contribution is -2.11. The highest BCUT2D eigenvalue weighted by atomic mass is 16.3. The molecule has 0 N–H and O–H groups in total. The molecule has 0 unspecified atom stereocenters. The van der Waals surface area contributed by atoms with Crippen LogP contribution in [0.2, 0.25) is 0 Å². The smallest absolute Gasteiger partial charge is 0.143 e. The molecule has 0 bridgehead atoms. The van der Waals surface area contributed by atoms with Crippen LogP contribution in [0.5, 0.6) is 0 Å². The fraction of sp³-hybridized carbons (Fsp3) is 0. The molecule has 0 aliphatic rings. The largest absolute Gasteiger partial charge is 0.455 e. The Labute approximate surface area is 366 Å². The molecule has 0 saturated carbocycles. The zero-order valence-corrected chi connectivity index (χ0v) is 34.4. The molecule has 2 heterocycles. The average molecular weight is 805 g/mol. The second-order valence-electron chi connectivity index (χ2n) is 16.1. The summed E-state index contributed by atoms with van der Waals surface area (Å²) in [6.07, 6.45) is 0. The van der Waals surface area contributed by atoms with E-state index in [1.54, 1.807) is 0 Å². The summed E-state index contributed by atoms with van der Waals surface area (Å²) in [6.45, 7) is 0. The molecule has 12 rings (SSSR count). The summed E-state index contributed by atoms with van der Waals surface area (Å²) < 4.78 is 9.32. The van der Waals surface area contributed by atoms with Crippen LogP contribution in [0, 0.1) is 0 Å². The second kappa shape index (κ2) is 15.3. The third-order valence-electron chi connectivity index (χ3n) is 12.4. The number of benzene rings is 10. The van der Waals surface area contributed by atoms with Crippen molar-refractivity contribution in [3.63, 3.8) is 0 Å². The molecule has 0 aliphatic carbocycles. The van der Waals surface area contributed by atoms with Gasteiger partial charge in [0, 0.05) is 49.6 Å². The van der Waals surface area contributed by atoms with Crippen molar-refractivity contribution in [2.75, 3.05) is 4.90 Å². The summed E-state index contributed by atoms with van der Waals surface area (Å²) in [7, 11) is 0. The van der Waals surface area contributed by atoms with Gasteiger partial charge >= 0.3 is 0 Å². The highest BCUT2D eigenvalue weighted by Crippen LogP contribution is 2.47. The minimum absolute atomic E-state index is 0.859. The van der Waals surface area contributed by atoms with E-state index < -0.39 is 0 Å². The van der Waals surface area contributed by atoms with Crippen LogP contribution in [0.25, 0.3) is 93.9 Å². The van der Waals surface area contributed by atoms with E-state index in [0.717, 1.165) is 78.0 Å². The van der Waals surface area contributed by atoms with Crippen LogP contribution in [0.4, 0.5) is 17.1 Å². The van der Waals surface area contributed by atoms with Gasteiger partial charge in [0.05, 0.1) is 22.4 Å². The van der Waals surface area contributed by atoms with Crippen molar-refractivity contribution in [3.05, 3.63) is 243 Å². The maximum absolute atomic E-state index is 6.91. The minimum Gasteiger partial charge on any atom is -0.455 e. The van der Waals surface area contributed by atoms with Gasteiger partial charge in [-0.15, -0.1) is 0 Å². The number of fused-ring (bicyclic) bond motifs is 6. The lowest BCUT2D eigenvalue weighted by molar-refractivity contribution is 0.670. The summed E-state index contributed by atoms with van der Waals surface area (Å²) in [6, 6.07) is 87.1. The number of para-hydroxylation sites is 5. The maximum Gasteiger partial charge on any atom is 0.143 e. The minimum atomic E-state index is 0.859. The Kier molecular flexibility index (Phi) is 8.83. The van der Waals surface area contributed by atoms with Crippen molar-refractivity contribution in [2.45, 2.75) is 0 Å². The van der Waals surface area contributed by atoms with Crippen LogP contribution < -0.4 is 4.90 Å². The van der Waals surface area contributed by atoms with Crippen LogP contribution in [0.15, 0.2) is 247 Å². The van der Waals surface area contributed by atoms with E-state index in [-0.39, 0.29) is 0 Å². The lowest BCUT2D eigenvalue weighted by atomic mass is 9.96. The molecule has 0 amide bonds. The van der Waals surface area contributed by atoms with Gasteiger partial charge in [0.15, 0.2) is 0 Å². The number of anilines is 3. The van der Waals surface area contributed by atoms with E-state index in [1.807, 2.05) is 0 Å². The highest BCUT2D eigenvalue weighted by Gasteiger charge is 2.24. The third-order valence-corrected chi connectivity index (χ3v) is 12.4. The van der Waals surface area contributed by atoms with Gasteiger partial charge in [-0.25, -0.2) is 0 Å². The van der Waals surface area contributed by atoms with E-state index in [2.05, 4.69) is 252 Å². The van der Waals surface area contributed by atoms with Crippen LogP contribution in [0.1, 0.15) is 0 Å². The van der Waals surface area contributed by atoms with Crippen LogP contribution in [0.3, 0.4) is 0 Å². The molecule has 3 nitrogen and oxygen atoms in total. The topological polar surface area (TPSA) is 21.3 Å². The Morgan fingerprint density at radius 1 is 0.317 bits per heavy atom. The molecule has 0 aliphatic heterocycles. The van der Waals surface area contributed by atoms with Crippen molar-refractivity contribution in [1.82, 2.24) is 4.57 Å². The first-order valence-corrected chi connectivity index (χ1v) is 21.5. The fourth-order valence-corrected chi connectivity index (χ4v) is 9.47. The molecule has 0 radical (unpaired) electrons. The van der Waals surface area contributed by atoms with E-state index in [0.29, 0.717) is 0 Å². The van der Waals surface area contributed by atoms with Crippen LogP contribution in [-0.2, 0) is 0 Å². The van der Waals surface area contributed by atoms with Gasteiger partial charge in [-0.1, -0.05) is 188 Å². The Bertz CT molecular complexity index is 3550. The molecule has 0 fully saturated rings. The summed E-state index contributed by atoms with van der Waals surface area (Å²) in [5.41, 5.74) is 17.4. The Hall–Kier alpha value is -8.40. The predicted molar refractivity (Wildman–Crippen MR) is 264 cm³/mol.